The predicted molar refractivity (Wildman–Crippen MR) is 66.4 cm³/mol. The van der Waals surface area contributed by atoms with Crippen molar-refractivity contribution in [2.24, 2.45) is 0 Å². The Kier molecular flexibility index (Phi) is 3.89. The number of furan rings is 1. The van der Waals surface area contributed by atoms with Gasteiger partial charge in [0.05, 0.1) is 18.1 Å². The lowest BCUT2D eigenvalue weighted by molar-refractivity contribution is 0.356. The molecule has 1 saturated carbocycles. The van der Waals surface area contributed by atoms with Gasteiger partial charge in [0.2, 0.25) is 0 Å². The van der Waals surface area contributed by atoms with Crippen molar-refractivity contribution in [3.05, 3.63) is 24.2 Å². The monoisotopic (exact) mass is 257 g/mol. The van der Waals surface area contributed by atoms with Gasteiger partial charge in [0, 0.05) is 12.3 Å². The highest BCUT2D eigenvalue weighted by molar-refractivity contribution is 7.91. The van der Waals surface area contributed by atoms with Gasteiger partial charge in [0.15, 0.2) is 0 Å². The average molecular weight is 257 g/mol. The van der Waals surface area contributed by atoms with Crippen LogP contribution in [0.3, 0.4) is 0 Å². The van der Waals surface area contributed by atoms with Crippen LogP contribution in [0.2, 0.25) is 0 Å². The van der Waals surface area contributed by atoms with Gasteiger partial charge in [-0.15, -0.1) is 0 Å². The molecule has 1 N–H and O–H groups in total. The van der Waals surface area contributed by atoms with Gasteiger partial charge in [-0.25, -0.2) is 8.42 Å². The second-order valence-electron chi connectivity index (χ2n) is 4.78. The molecule has 1 aliphatic rings. The molecular formula is C12H19NO3S. The Morgan fingerprint density at radius 3 is 2.94 bits per heavy atom. The molecule has 0 bridgehead atoms. The summed E-state index contributed by atoms with van der Waals surface area (Å²) < 4.78 is 28.3. The summed E-state index contributed by atoms with van der Waals surface area (Å²) in [6.07, 6.45) is 6.54. The van der Waals surface area contributed by atoms with Crippen molar-refractivity contribution in [1.82, 2.24) is 5.32 Å². The van der Waals surface area contributed by atoms with E-state index in [9.17, 15) is 8.42 Å². The van der Waals surface area contributed by atoms with E-state index in [4.69, 9.17) is 4.42 Å². The quantitative estimate of drug-likeness (QED) is 0.892. The Hall–Kier alpha value is -0.810. The minimum Gasteiger partial charge on any atom is -0.468 e. The molecule has 0 radical (unpaired) electrons. The van der Waals surface area contributed by atoms with E-state index in [-0.39, 0.29) is 11.3 Å². The molecule has 0 amide bonds. The van der Waals surface area contributed by atoms with Crippen LogP contribution in [-0.2, 0) is 16.4 Å². The normalized spacial score (nSPS) is 25.9. The topological polar surface area (TPSA) is 59.3 Å². The lowest BCUT2D eigenvalue weighted by atomic mass is 9.95. The fourth-order valence-corrected chi connectivity index (χ4v) is 3.55. The molecule has 5 heteroatoms. The average Bonchev–Trinajstić information content (AvgIpc) is 2.78. The summed E-state index contributed by atoms with van der Waals surface area (Å²) in [6.45, 7) is 0.675. The highest BCUT2D eigenvalue weighted by atomic mass is 32.2. The van der Waals surface area contributed by atoms with E-state index in [1.807, 2.05) is 12.1 Å². The molecule has 0 spiro atoms. The first-order valence-electron chi connectivity index (χ1n) is 6.00. The van der Waals surface area contributed by atoms with Gasteiger partial charge >= 0.3 is 0 Å². The second kappa shape index (κ2) is 5.23. The van der Waals surface area contributed by atoms with Crippen LogP contribution in [0.5, 0.6) is 0 Å². The maximum atomic E-state index is 11.5. The predicted octanol–water partition coefficient (Wildman–Crippen LogP) is 1.72. The Labute approximate surface area is 102 Å². The standard InChI is InChI=1S/C12H19NO3S/c1-17(14,15)12-6-2-4-10(8-12)13-9-11-5-3-7-16-11/h3,5,7,10,12-13H,2,4,6,8-9H2,1H3. The van der Waals surface area contributed by atoms with Crippen molar-refractivity contribution in [2.45, 2.75) is 43.5 Å². The van der Waals surface area contributed by atoms with E-state index in [2.05, 4.69) is 5.32 Å². The summed E-state index contributed by atoms with van der Waals surface area (Å²) in [6, 6.07) is 4.06. The Bertz CT molecular complexity index is 438. The summed E-state index contributed by atoms with van der Waals surface area (Å²) in [5.41, 5.74) is 0. The largest absolute Gasteiger partial charge is 0.468 e. The smallest absolute Gasteiger partial charge is 0.150 e. The lowest BCUT2D eigenvalue weighted by Gasteiger charge is -2.28. The molecule has 1 aliphatic carbocycles. The fraction of sp³-hybridized carbons (Fsp3) is 0.667. The van der Waals surface area contributed by atoms with Gasteiger partial charge < -0.3 is 9.73 Å². The highest BCUT2D eigenvalue weighted by Crippen LogP contribution is 2.24. The number of nitrogens with one attached hydrogen (secondary N) is 1. The molecule has 2 atom stereocenters. The Morgan fingerprint density at radius 1 is 1.47 bits per heavy atom. The van der Waals surface area contributed by atoms with Crippen molar-refractivity contribution in [3.63, 3.8) is 0 Å². The van der Waals surface area contributed by atoms with Crippen molar-refractivity contribution in [1.29, 1.82) is 0 Å². The summed E-state index contributed by atoms with van der Waals surface area (Å²) in [7, 11) is -2.89. The van der Waals surface area contributed by atoms with Gasteiger partial charge in [-0.1, -0.05) is 6.42 Å². The molecule has 1 fully saturated rings. The Morgan fingerprint density at radius 2 is 2.29 bits per heavy atom. The fourth-order valence-electron chi connectivity index (χ4n) is 2.38. The molecule has 1 aromatic heterocycles. The first kappa shape index (κ1) is 12.6. The first-order valence-corrected chi connectivity index (χ1v) is 7.96. The molecule has 1 aromatic rings. The zero-order valence-electron chi connectivity index (χ0n) is 10.1. The molecule has 2 unspecified atom stereocenters. The third kappa shape index (κ3) is 3.57. The second-order valence-corrected chi connectivity index (χ2v) is 7.10. The highest BCUT2D eigenvalue weighted by Gasteiger charge is 2.28. The van der Waals surface area contributed by atoms with E-state index in [1.54, 1.807) is 6.26 Å². The minimum absolute atomic E-state index is 0.176. The van der Waals surface area contributed by atoms with Crippen LogP contribution in [0.4, 0.5) is 0 Å². The Balaban J connectivity index is 1.85. The van der Waals surface area contributed by atoms with Gasteiger partial charge in [-0.2, -0.15) is 0 Å². The van der Waals surface area contributed by atoms with Crippen LogP contribution in [0.15, 0.2) is 22.8 Å². The van der Waals surface area contributed by atoms with Crippen molar-refractivity contribution in [2.75, 3.05) is 6.26 Å². The van der Waals surface area contributed by atoms with Gasteiger partial charge in [0.1, 0.15) is 15.6 Å². The minimum atomic E-state index is -2.89. The van der Waals surface area contributed by atoms with Crippen LogP contribution < -0.4 is 5.32 Å². The van der Waals surface area contributed by atoms with Crippen molar-refractivity contribution >= 4 is 9.84 Å². The van der Waals surface area contributed by atoms with E-state index in [0.29, 0.717) is 6.54 Å². The van der Waals surface area contributed by atoms with Crippen LogP contribution in [0.1, 0.15) is 31.4 Å². The van der Waals surface area contributed by atoms with Crippen LogP contribution in [0.25, 0.3) is 0 Å². The summed E-state index contributed by atoms with van der Waals surface area (Å²) in [4.78, 5) is 0. The summed E-state index contributed by atoms with van der Waals surface area (Å²) in [5.74, 6) is 0.895. The zero-order valence-corrected chi connectivity index (χ0v) is 10.9. The maximum absolute atomic E-state index is 11.5. The first-order chi connectivity index (χ1) is 8.05. The van der Waals surface area contributed by atoms with E-state index in [1.165, 1.54) is 6.26 Å². The van der Waals surface area contributed by atoms with Gasteiger partial charge in [0.25, 0.3) is 0 Å². The van der Waals surface area contributed by atoms with Crippen LogP contribution in [0, 0.1) is 0 Å². The molecule has 4 nitrogen and oxygen atoms in total. The summed E-state index contributed by atoms with van der Waals surface area (Å²) >= 11 is 0. The van der Waals surface area contributed by atoms with E-state index in [0.717, 1.165) is 31.4 Å². The number of rotatable bonds is 4. The number of hydrogen-bond donors (Lipinski definition) is 1. The molecular weight excluding hydrogens is 238 g/mol. The molecule has 17 heavy (non-hydrogen) atoms. The molecule has 1 heterocycles. The summed E-state index contributed by atoms with van der Waals surface area (Å²) in [5, 5.41) is 3.19. The van der Waals surface area contributed by atoms with E-state index >= 15 is 0 Å². The third-order valence-corrected chi connectivity index (χ3v) is 5.02. The van der Waals surface area contributed by atoms with Crippen LogP contribution in [-0.4, -0.2) is 26.0 Å². The molecule has 96 valence electrons. The molecule has 0 aromatic carbocycles. The molecule has 2 rings (SSSR count). The van der Waals surface area contributed by atoms with Crippen molar-refractivity contribution in [3.8, 4) is 0 Å². The lowest BCUT2D eigenvalue weighted by Crippen LogP contribution is -2.38. The number of hydrogen-bond acceptors (Lipinski definition) is 4. The van der Waals surface area contributed by atoms with Crippen molar-refractivity contribution < 1.29 is 12.8 Å². The van der Waals surface area contributed by atoms with Gasteiger partial charge in [-0.3, -0.25) is 0 Å². The SMILES string of the molecule is CS(=O)(=O)C1CCCC(NCc2ccco2)C1. The molecule has 0 aliphatic heterocycles. The zero-order chi connectivity index (χ0) is 12.3. The van der Waals surface area contributed by atoms with Crippen LogP contribution >= 0.6 is 0 Å². The maximum Gasteiger partial charge on any atom is 0.150 e. The number of sulfone groups is 1. The van der Waals surface area contributed by atoms with E-state index < -0.39 is 9.84 Å². The van der Waals surface area contributed by atoms with Gasteiger partial charge in [-0.05, 0) is 31.4 Å². The third-order valence-electron chi connectivity index (χ3n) is 3.38. The molecule has 0 saturated heterocycles.